The van der Waals surface area contributed by atoms with Gasteiger partial charge in [0.15, 0.2) is 11.9 Å². The average molecular weight is 498 g/mol. The maximum Gasteiger partial charge on any atom is 0.254 e. The number of carbonyl (C=O) groups excluding carboxylic acids is 2. The number of nitrogens with zero attached hydrogens (tertiary/aromatic N) is 2. The Morgan fingerprint density at radius 3 is 2.44 bits per heavy atom. The van der Waals surface area contributed by atoms with Crippen molar-refractivity contribution in [2.24, 2.45) is 11.7 Å². The second-order valence-corrected chi connectivity index (χ2v) is 11.9. The summed E-state index contributed by atoms with van der Waals surface area (Å²) in [7, 11) is 0. The Balaban J connectivity index is 1.23. The zero-order chi connectivity index (χ0) is 25.3. The van der Waals surface area contributed by atoms with Gasteiger partial charge in [-0.25, -0.2) is 0 Å². The molecule has 198 valence electrons. The average Bonchev–Trinajstić information content (AvgIpc) is 3.35. The monoisotopic (exact) mass is 497 g/mol. The first kappa shape index (κ1) is 25.7. The summed E-state index contributed by atoms with van der Waals surface area (Å²) in [5, 5.41) is 0. The summed E-state index contributed by atoms with van der Waals surface area (Å²) in [4.78, 5) is 30.0. The van der Waals surface area contributed by atoms with Gasteiger partial charge in [0, 0.05) is 37.3 Å². The molecule has 0 aromatic heterocycles. The molecule has 3 saturated heterocycles. The number of rotatable bonds is 8. The van der Waals surface area contributed by atoms with Gasteiger partial charge < -0.3 is 20.1 Å². The molecule has 3 aliphatic heterocycles. The first-order chi connectivity index (χ1) is 17.3. The van der Waals surface area contributed by atoms with E-state index in [2.05, 4.69) is 15.9 Å². The molecule has 2 amide bonds. The lowest BCUT2D eigenvalue weighted by atomic mass is 9.84. The quantitative estimate of drug-likeness (QED) is 0.586. The lowest BCUT2D eigenvalue weighted by Gasteiger charge is -2.41. The summed E-state index contributed by atoms with van der Waals surface area (Å²) in [5.41, 5.74) is 7.36. The van der Waals surface area contributed by atoms with E-state index in [0.717, 1.165) is 32.5 Å². The second kappa shape index (κ2) is 10.8. The SMILES string of the molecule is CC1(C)OC[C@@H](C(=O)N(CCN2C3CCC2CC(c2cccc(C(N)=O)c2)C3)CC2CCCCC2)O1. The van der Waals surface area contributed by atoms with Crippen LogP contribution in [0.1, 0.15) is 93.5 Å². The highest BCUT2D eigenvalue weighted by atomic mass is 16.7. The number of piperidine rings is 1. The van der Waals surface area contributed by atoms with Gasteiger partial charge in [-0.05, 0) is 81.9 Å². The molecule has 0 radical (unpaired) electrons. The van der Waals surface area contributed by atoms with Crippen LogP contribution in [0.15, 0.2) is 24.3 Å². The summed E-state index contributed by atoms with van der Waals surface area (Å²) in [6.07, 6.45) is 10.4. The topological polar surface area (TPSA) is 85.1 Å². The molecule has 2 N–H and O–H groups in total. The second-order valence-electron chi connectivity index (χ2n) is 11.9. The number of hydrogen-bond donors (Lipinski definition) is 1. The number of primary amides is 1. The van der Waals surface area contributed by atoms with Crippen molar-refractivity contribution in [2.75, 3.05) is 26.2 Å². The zero-order valence-electron chi connectivity index (χ0n) is 22.0. The normalized spacial score (nSPS) is 30.4. The Hall–Kier alpha value is -1.96. The number of fused-ring (bicyclic) bond motifs is 2. The maximum absolute atomic E-state index is 13.5. The third-order valence-corrected chi connectivity index (χ3v) is 8.95. The van der Waals surface area contributed by atoms with E-state index in [1.165, 1.54) is 50.5 Å². The van der Waals surface area contributed by atoms with Crippen molar-refractivity contribution in [3.05, 3.63) is 35.4 Å². The lowest BCUT2D eigenvalue weighted by Crippen LogP contribution is -2.50. The Morgan fingerprint density at radius 2 is 1.81 bits per heavy atom. The van der Waals surface area contributed by atoms with Crippen LogP contribution in [0.3, 0.4) is 0 Å². The van der Waals surface area contributed by atoms with E-state index < -0.39 is 11.9 Å². The van der Waals surface area contributed by atoms with E-state index in [4.69, 9.17) is 15.2 Å². The molecule has 2 bridgehead atoms. The molecule has 3 heterocycles. The van der Waals surface area contributed by atoms with Gasteiger partial charge in [0.05, 0.1) is 6.61 Å². The van der Waals surface area contributed by atoms with E-state index in [1.54, 1.807) is 6.07 Å². The van der Waals surface area contributed by atoms with E-state index in [-0.39, 0.29) is 11.8 Å². The summed E-state index contributed by atoms with van der Waals surface area (Å²) in [5.74, 6) is 0.0999. The molecule has 2 unspecified atom stereocenters. The van der Waals surface area contributed by atoms with Gasteiger partial charge in [-0.3, -0.25) is 14.5 Å². The van der Waals surface area contributed by atoms with Crippen LogP contribution in [0.25, 0.3) is 0 Å². The Bertz CT molecular complexity index is 930. The molecular formula is C29H43N3O4. The van der Waals surface area contributed by atoms with Crippen LogP contribution < -0.4 is 5.73 Å². The molecule has 7 nitrogen and oxygen atoms in total. The van der Waals surface area contributed by atoms with E-state index in [9.17, 15) is 9.59 Å². The summed E-state index contributed by atoms with van der Waals surface area (Å²) >= 11 is 0. The molecule has 0 spiro atoms. The fourth-order valence-corrected chi connectivity index (χ4v) is 7.08. The van der Waals surface area contributed by atoms with Gasteiger partial charge in [-0.15, -0.1) is 0 Å². The predicted molar refractivity (Wildman–Crippen MR) is 139 cm³/mol. The van der Waals surface area contributed by atoms with Crippen molar-refractivity contribution in [1.29, 1.82) is 0 Å². The molecule has 1 aromatic carbocycles. The third-order valence-electron chi connectivity index (χ3n) is 8.95. The van der Waals surface area contributed by atoms with Crippen molar-refractivity contribution < 1.29 is 19.1 Å². The fraction of sp³-hybridized carbons (Fsp3) is 0.724. The third kappa shape index (κ3) is 5.79. The van der Waals surface area contributed by atoms with Gasteiger partial charge in [0.1, 0.15) is 0 Å². The van der Waals surface area contributed by atoms with Crippen molar-refractivity contribution >= 4 is 11.8 Å². The Morgan fingerprint density at radius 1 is 1.08 bits per heavy atom. The summed E-state index contributed by atoms with van der Waals surface area (Å²) in [6.45, 7) is 6.61. The largest absolute Gasteiger partial charge is 0.366 e. The molecule has 1 aromatic rings. The van der Waals surface area contributed by atoms with Crippen LogP contribution in [0, 0.1) is 5.92 Å². The standard InChI is InChI=1S/C29H43N3O4/c1-29(2)35-19-26(36-29)28(34)31(18-20-7-4-3-5-8-20)13-14-32-24-11-12-25(32)17-23(16-24)21-9-6-10-22(15-21)27(30)33/h6,9-10,15,20,23-26H,3-5,7-8,11-14,16-19H2,1-2H3,(H2,30,33)/t23?,24?,25?,26-/m0/s1. The highest BCUT2D eigenvalue weighted by Gasteiger charge is 2.43. The Kier molecular flexibility index (Phi) is 7.70. The van der Waals surface area contributed by atoms with Gasteiger partial charge in [0.25, 0.3) is 5.91 Å². The number of amides is 2. The number of benzene rings is 1. The molecule has 1 aliphatic carbocycles. The number of nitrogens with two attached hydrogens (primary N) is 1. The van der Waals surface area contributed by atoms with Crippen molar-refractivity contribution in [2.45, 2.75) is 102 Å². The van der Waals surface area contributed by atoms with Crippen molar-refractivity contribution in [1.82, 2.24) is 9.80 Å². The molecule has 4 fully saturated rings. The smallest absolute Gasteiger partial charge is 0.254 e. The minimum atomic E-state index is -0.691. The molecule has 5 rings (SSSR count). The molecule has 7 heteroatoms. The molecule has 4 aliphatic rings. The lowest BCUT2D eigenvalue weighted by molar-refractivity contribution is -0.161. The van der Waals surface area contributed by atoms with Crippen LogP contribution in [-0.4, -0.2) is 71.8 Å². The van der Waals surface area contributed by atoms with Crippen LogP contribution in [0.5, 0.6) is 0 Å². The van der Waals surface area contributed by atoms with Gasteiger partial charge in [-0.1, -0.05) is 31.4 Å². The predicted octanol–water partition coefficient (Wildman–Crippen LogP) is 4.06. The van der Waals surface area contributed by atoms with Crippen LogP contribution in [0.2, 0.25) is 0 Å². The van der Waals surface area contributed by atoms with Crippen molar-refractivity contribution in [3.8, 4) is 0 Å². The van der Waals surface area contributed by atoms with E-state index in [0.29, 0.717) is 36.1 Å². The highest BCUT2D eigenvalue weighted by molar-refractivity contribution is 5.92. The Labute approximate surface area is 215 Å². The first-order valence-electron chi connectivity index (χ1n) is 14.0. The zero-order valence-corrected chi connectivity index (χ0v) is 22.0. The fourth-order valence-electron chi connectivity index (χ4n) is 7.08. The van der Waals surface area contributed by atoms with Crippen LogP contribution in [0.4, 0.5) is 0 Å². The summed E-state index contributed by atoms with van der Waals surface area (Å²) in [6, 6.07) is 8.94. The minimum absolute atomic E-state index is 0.0941. The number of ether oxygens (including phenoxy) is 2. The number of hydrogen-bond acceptors (Lipinski definition) is 5. The van der Waals surface area contributed by atoms with Gasteiger partial charge >= 0.3 is 0 Å². The minimum Gasteiger partial charge on any atom is -0.366 e. The first-order valence-corrected chi connectivity index (χ1v) is 14.0. The summed E-state index contributed by atoms with van der Waals surface area (Å²) < 4.78 is 11.7. The molecule has 3 atom stereocenters. The highest BCUT2D eigenvalue weighted by Crippen LogP contribution is 2.43. The van der Waals surface area contributed by atoms with Gasteiger partial charge in [-0.2, -0.15) is 0 Å². The van der Waals surface area contributed by atoms with Crippen molar-refractivity contribution in [3.63, 3.8) is 0 Å². The maximum atomic E-state index is 13.5. The molecule has 1 saturated carbocycles. The molecule has 36 heavy (non-hydrogen) atoms. The van der Waals surface area contributed by atoms with E-state index in [1.807, 2.05) is 26.0 Å². The van der Waals surface area contributed by atoms with Crippen LogP contribution in [-0.2, 0) is 14.3 Å². The van der Waals surface area contributed by atoms with Gasteiger partial charge in [0.2, 0.25) is 5.91 Å². The number of carbonyl (C=O) groups is 2. The van der Waals surface area contributed by atoms with E-state index >= 15 is 0 Å². The van der Waals surface area contributed by atoms with Crippen LogP contribution >= 0.6 is 0 Å². The molecular weight excluding hydrogens is 454 g/mol.